The number of ketones is 1. The minimum absolute atomic E-state index is 0.0222. The number of rotatable bonds is 3. The van der Waals surface area contributed by atoms with Crippen molar-refractivity contribution in [3.8, 4) is 16.9 Å². The molecule has 2 aliphatic carbocycles. The van der Waals surface area contributed by atoms with Gasteiger partial charge in [-0.1, -0.05) is 30.3 Å². The Morgan fingerprint density at radius 3 is 2.53 bits per heavy atom. The van der Waals surface area contributed by atoms with Crippen molar-refractivity contribution < 1.29 is 22.7 Å². The second-order valence-electron chi connectivity index (χ2n) is 3.92. The molecule has 2 aliphatic rings. The fourth-order valence-corrected chi connectivity index (χ4v) is 1.91. The molecule has 0 heterocycles. The van der Waals surface area contributed by atoms with Crippen molar-refractivity contribution in [1.82, 2.24) is 0 Å². The molecule has 0 amide bonds. The zero-order valence-corrected chi connectivity index (χ0v) is 10.1. The topological polar surface area (TPSA) is 26.3 Å². The summed E-state index contributed by atoms with van der Waals surface area (Å²) in [5.74, 6) is -1.90. The molecular formula is C14H11F3O2. The SMILES string of the molecule is CCOc1cc2cccccc-2c1C(=O)C(F)(F)F. The maximum absolute atomic E-state index is 12.6. The molecule has 0 saturated carbocycles. The number of carbonyl (C=O) groups excluding carboxylic acids is 1. The van der Waals surface area contributed by atoms with Gasteiger partial charge >= 0.3 is 6.18 Å². The molecule has 2 nitrogen and oxygen atoms in total. The van der Waals surface area contributed by atoms with Crippen molar-refractivity contribution in [2.75, 3.05) is 6.61 Å². The standard InChI is InChI=1S/C14H11F3O2/c1-2-19-11-8-9-6-4-3-5-7-10(9)12(11)13(18)14(15,16)17/h3-8H,2H2,1H3. The maximum atomic E-state index is 12.6. The zero-order chi connectivity index (χ0) is 14.0. The Morgan fingerprint density at radius 2 is 1.89 bits per heavy atom. The molecule has 0 spiro atoms. The third-order valence-electron chi connectivity index (χ3n) is 2.66. The van der Waals surface area contributed by atoms with E-state index in [0.717, 1.165) is 0 Å². The highest BCUT2D eigenvalue weighted by molar-refractivity contribution is 6.09. The average Bonchev–Trinajstić information content (AvgIpc) is 2.51. The highest BCUT2D eigenvalue weighted by Crippen LogP contribution is 2.39. The van der Waals surface area contributed by atoms with Crippen LogP contribution in [-0.2, 0) is 0 Å². The van der Waals surface area contributed by atoms with Gasteiger partial charge in [0.15, 0.2) is 0 Å². The van der Waals surface area contributed by atoms with Crippen molar-refractivity contribution in [1.29, 1.82) is 0 Å². The summed E-state index contributed by atoms with van der Waals surface area (Å²) in [5, 5.41) is 0. The first-order valence-electron chi connectivity index (χ1n) is 5.71. The van der Waals surface area contributed by atoms with Crippen molar-refractivity contribution in [2.45, 2.75) is 13.1 Å². The molecule has 0 N–H and O–H groups in total. The Morgan fingerprint density at radius 1 is 1.21 bits per heavy atom. The van der Waals surface area contributed by atoms with Gasteiger partial charge in [-0.3, -0.25) is 4.79 Å². The van der Waals surface area contributed by atoms with Gasteiger partial charge < -0.3 is 4.74 Å². The molecule has 0 aliphatic heterocycles. The highest BCUT2D eigenvalue weighted by atomic mass is 19.4. The smallest absolute Gasteiger partial charge is 0.455 e. The number of hydrogen-bond donors (Lipinski definition) is 0. The number of ether oxygens (including phenoxy) is 1. The predicted octanol–water partition coefficient (Wildman–Crippen LogP) is 3.94. The van der Waals surface area contributed by atoms with Crippen LogP contribution >= 0.6 is 0 Å². The molecule has 0 saturated heterocycles. The van der Waals surface area contributed by atoms with Crippen LogP contribution in [0.4, 0.5) is 13.2 Å². The highest BCUT2D eigenvalue weighted by Gasteiger charge is 2.43. The molecule has 5 heteroatoms. The molecule has 19 heavy (non-hydrogen) atoms. The van der Waals surface area contributed by atoms with Crippen LogP contribution < -0.4 is 4.74 Å². The van der Waals surface area contributed by atoms with Crippen molar-refractivity contribution in [3.05, 3.63) is 42.0 Å². The van der Waals surface area contributed by atoms with E-state index in [1.54, 1.807) is 31.2 Å². The van der Waals surface area contributed by atoms with Crippen LogP contribution in [0.5, 0.6) is 5.75 Å². The Labute approximate surface area is 108 Å². The lowest BCUT2D eigenvalue weighted by Crippen LogP contribution is -2.23. The van der Waals surface area contributed by atoms with Crippen LogP contribution in [0, 0.1) is 0 Å². The molecule has 0 aromatic rings. The largest absolute Gasteiger partial charge is 0.493 e. The van der Waals surface area contributed by atoms with Gasteiger partial charge in [-0.15, -0.1) is 0 Å². The summed E-state index contributed by atoms with van der Waals surface area (Å²) in [7, 11) is 0. The molecule has 0 fully saturated rings. The minimum Gasteiger partial charge on any atom is -0.493 e. The quantitative estimate of drug-likeness (QED) is 0.788. The predicted molar refractivity (Wildman–Crippen MR) is 64.6 cm³/mol. The lowest BCUT2D eigenvalue weighted by atomic mass is 10.1. The van der Waals surface area contributed by atoms with E-state index in [1.807, 2.05) is 0 Å². The lowest BCUT2D eigenvalue weighted by Gasteiger charge is -2.08. The molecule has 0 atom stereocenters. The van der Waals surface area contributed by atoms with Crippen LogP contribution in [-0.4, -0.2) is 18.6 Å². The van der Waals surface area contributed by atoms with E-state index in [9.17, 15) is 18.0 Å². The lowest BCUT2D eigenvalue weighted by molar-refractivity contribution is -0.0886. The van der Waals surface area contributed by atoms with Crippen LogP contribution in [0.25, 0.3) is 11.1 Å². The number of carbonyl (C=O) groups is 1. The van der Waals surface area contributed by atoms with Crippen LogP contribution in [0.1, 0.15) is 17.3 Å². The number of Topliss-reactive ketones (excluding diaryl/α,β-unsaturated/α-hetero) is 1. The summed E-state index contributed by atoms with van der Waals surface area (Å²) in [6.45, 7) is 1.85. The number of alkyl halides is 3. The first-order valence-corrected chi connectivity index (χ1v) is 5.71. The van der Waals surface area contributed by atoms with Gasteiger partial charge in [-0.25, -0.2) is 0 Å². The third-order valence-corrected chi connectivity index (χ3v) is 2.66. The Hall–Kier alpha value is -2.04. The van der Waals surface area contributed by atoms with E-state index in [1.165, 1.54) is 12.1 Å². The molecule has 0 radical (unpaired) electrons. The number of fused-ring (bicyclic) bond motifs is 1. The molecule has 0 aromatic heterocycles. The Kier molecular flexibility index (Phi) is 3.46. The van der Waals surface area contributed by atoms with Crippen molar-refractivity contribution in [3.63, 3.8) is 0 Å². The number of hydrogen-bond acceptors (Lipinski definition) is 2. The summed E-state index contributed by atoms with van der Waals surface area (Å²) in [5.41, 5.74) is 0.373. The Bertz CT molecular complexity index is 576. The summed E-state index contributed by atoms with van der Waals surface area (Å²) in [6.07, 6.45) is -4.92. The zero-order valence-electron chi connectivity index (χ0n) is 10.1. The van der Waals surface area contributed by atoms with Crippen LogP contribution in [0.2, 0.25) is 0 Å². The molecule has 100 valence electrons. The molecule has 0 aromatic carbocycles. The first-order chi connectivity index (χ1) is 8.95. The van der Waals surface area contributed by atoms with Gasteiger partial charge in [0.2, 0.25) is 0 Å². The molecule has 2 rings (SSSR count). The van der Waals surface area contributed by atoms with Gasteiger partial charge in [0.05, 0.1) is 12.2 Å². The summed E-state index contributed by atoms with van der Waals surface area (Å²) >= 11 is 0. The normalized spacial score (nSPS) is 11.6. The van der Waals surface area contributed by atoms with E-state index in [4.69, 9.17) is 4.74 Å². The summed E-state index contributed by atoms with van der Waals surface area (Å²) < 4.78 is 43.1. The molecule has 0 unspecified atom stereocenters. The summed E-state index contributed by atoms with van der Waals surface area (Å²) in [6, 6.07) is 9.55. The molecule has 0 bridgehead atoms. The van der Waals surface area contributed by atoms with Crippen molar-refractivity contribution >= 4 is 5.78 Å². The third kappa shape index (κ3) is 2.54. The van der Waals surface area contributed by atoms with E-state index < -0.39 is 17.5 Å². The maximum Gasteiger partial charge on any atom is 0.455 e. The fourth-order valence-electron chi connectivity index (χ4n) is 1.91. The van der Waals surface area contributed by atoms with Gasteiger partial charge in [-0.05, 0) is 24.1 Å². The van der Waals surface area contributed by atoms with Crippen LogP contribution in [0.15, 0.2) is 36.4 Å². The average molecular weight is 268 g/mol. The van der Waals surface area contributed by atoms with Crippen molar-refractivity contribution in [2.24, 2.45) is 0 Å². The Balaban J connectivity index is 2.65. The molecular weight excluding hydrogens is 257 g/mol. The van der Waals surface area contributed by atoms with E-state index in [2.05, 4.69) is 0 Å². The second kappa shape index (κ2) is 4.91. The van der Waals surface area contributed by atoms with Crippen LogP contribution in [0.3, 0.4) is 0 Å². The monoisotopic (exact) mass is 268 g/mol. The minimum atomic E-state index is -4.92. The second-order valence-corrected chi connectivity index (χ2v) is 3.92. The first kappa shape index (κ1) is 13.4. The van der Waals surface area contributed by atoms with Gasteiger partial charge in [0.25, 0.3) is 5.78 Å². The van der Waals surface area contributed by atoms with Gasteiger partial charge in [0.1, 0.15) is 5.75 Å². The van der Waals surface area contributed by atoms with E-state index in [-0.39, 0.29) is 17.9 Å². The van der Waals surface area contributed by atoms with E-state index in [0.29, 0.717) is 5.56 Å². The summed E-state index contributed by atoms with van der Waals surface area (Å²) in [4.78, 5) is 11.5. The van der Waals surface area contributed by atoms with E-state index >= 15 is 0 Å². The van der Waals surface area contributed by atoms with Gasteiger partial charge in [0, 0.05) is 0 Å². The fraction of sp³-hybridized carbons (Fsp3) is 0.214. The number of halogens is 3. The van der Waals surface area contributed by atoms with Gasteiger partial charge in [-0.2, -0.15) is 13.2 Å².